The van der Waals surface area contributed by atoms with Gasteiger partial charge in [0.25, 0.3) is 0 Å². The van der Waals surface area contributed by atoms with Crippen molar-refractivity contribution in [3.8, 4) is 90.0 Å². The molecule has 2 aliphatic rings. The van der Waals surface area contributed by atoms with Gasteiger partial charge in [-0.15, -0.1) is 0 Å². The molecule has 0 saturated carbocycles. The predicted molar refractivity (Wildman–Crippen MR) is 587 cm³/mol. The molecule has 0 bridgehead atoms. The van der Waals surface area contributed by atoms with Crippen molar-refractivity contribution < 1.29 is 0 Å². The van der Waals surface area contributed by atoms with E-state index in [9.17, 15) is 0 Å². The Labute approximate surface area is 816 Å². The molecule has 143 heavy (non-hydrogen) atoms. The molecule has 0 fully saturated rings. The fourth-order valence-electron chi connectivity index (χ4n) is 24.4. The van der Waals surface area contributed by atoms with E-state index in [2.05, 4.69) is 353 Å². The van der Waals surface area contributed by atoms with Gasteiger partial charge in [-0.05, 0) is 212 Å². The predicted octanol–water partition coefficient (Wildman–Crippen LogP) is 31.7. The molecule has 0 saturated heterocycles. The van der Waals surface area contributed by atoms with E-state index in [1.165, 1.54) is 159 Å². The highest BCUT2D eigenvalue weighted by Gasteiger charge is 2.39. The van der Waals surface area contributed by atoms with Crippen molar-refractivity contribution in [2.75, 3.05) is 0 Å². The molecule has 14 heteroatoms. The molecule has 0 aliphatic heterocycles. The molecule has 2 aliphatic carbocycles. The number of rotatable bonds is 7. The molecule has 12 heterocycles. The average molecular weight is 1830 g/mol. The second-order valence-corrected chi connectivity index (χ2v) is 39.5. The molecule has 14 nitrogen and oxygen atoms in total. The Morgan fingerprint density at radius 1 is 0.175 bits per heavy atom. The zero-order valence-electron chi connectivity index (χ0n) is 78.0. The monoisotopic (exact) mass is 1820 g/mol. The summed E-state index contributed by atoms with van der Waals surface area (Å²) in [4.78, 5) is 46.2. The maximum Gasteiger partial charge on any atom is 0.165 e. The lowest BCUT2D eigenvalue weighted by atomic mass is 9.82. The maximum absolute atomic E-state index is 5.29. The minimum Gasteiger partial charge on any atom is -0.309 e. The molecule has 0 N–H and O–H groups in total. The molecule has 31 aromatic rings. The van der Waals surface area contributed by atoms with E-state index < -0.39 is 0 Å². The first kappa shape index (κ1) is 79.3. The average Bonchev–Trinajstić information content (AvgIpc) is 1.53. The third-order valence-corrected chi connectivity index (χ3v) is 31.0. The number of hydrogen-bond donors (Lipinski definition) is 0. The summed E-state index contributed by atoms with van der Waals surface area (Å²) in [5.41, 5.74) is 43.1. The lowest BCUT2D eigenvalue weighted by Crippen LogP contribution is -2.14. The summed E-state index contributed by atoms with van der Waals surface area (Å²) in [7, 11) is 0. The maximum atomic E-state index is 5.29. The van der Waals surface area contributed by atoms with Gasteiger partial charge in [0.2, 0.25) is 0 Å². The van der Waals surface area contributed by atoms with Gasteiger partial charge in [-0.3, -0.25) is 13.2 Å². The zero-order chi connectivity index (χ0) is 94.1. The van der Waals surface area contributed by atoms with Gasteiger partial charge in [0.1, 0.15) is 16.6 Å². The lowest BCUT2D eigenvalue weighted by Gasteiger charge is -2.21. The first-order valence-electron chi connectivity index (χ1n) is 48.9. The smallest absolute Gasteiger partial charge is 0.165 e. The van der Waals surface area contributed by atoms with Crippen molar-refractivity contribution in [1.29, 1.82) is 0 Å². The summed E-state index contributed by atoms with van der Waals surface area (Å²) in [5, 5.41) is 15.7. The van der Waals surface area contributed by atoms with Gasteiger partial charge < -0.3 is 9.13 Å². The normalized spacial score (nSPS) is 13.3. The van der Waals surface area contributed by atoms with E-state index in [0.717, 1.165) is 127 Å². The van der Waals surface area contributed by atoms with Crippen molar-refractivity contribution in [2.24, 2.45) is 0 Å². The van der Waals surface area contributed by atoms with Crippen LogP contribution in [0.15, 0.2) is 413 Å². The highest BCUT2D eigenvalue weighted by molar-refractivity contribution is 6.29. The van der Waals surface area contributed by atoms with E-state index in [0.29, 0.717) is 17.5 Å². The summed E-state index contributed by atoms with van der Waals surface area (Å²) in [6.07, 6.45) is 0. The third-order valence-electron chi connectivity index (χ3n) is 31.0. The number of aromatic nitrogens is 14. The van der Waals surface area contributed by atoms with Crippen LogP contribution in [0.4, 0.5) is 0 Å². The van der Waals surface area contributed by atoms with Crippen LogP contribution >= 0.6 is 0 Å². The molecule has 0 spiro atoms. The standard InChI is InChI=1S/C47H27N7.C47H30N4.C35H23N3/c1-3-13-28(14-4-1)44-50-45(29-15-5-2-6-16-29)52-46(51-44)30-17-11-18-31(25-30)53-39-24-10-7-19-32(39)35-26-36-33-20-12-21-34-42-47(49-38-23-9-8-22-37(38)48-42)54(43(33)34)41(36)27-40(35)53;1-47(2)37-16-8-6-14-30(37)32-25-34-35-23-28(27-20-21-42-33(22-27)31-15-7-11-19-41(31)50(42)29-12-4-3-5-13-29)24-36-44-46(49-40-18-10-9-17-39(40)48-44)51(45(35)36)43(34)26-38(32)47;1-35(2)27-13-7-6-12-22(27)23-18-24-25-16-21(20-10-4-3-5-11-20)17-26-32-34(37-30-15-9-8-14-29(30)36-32)38(33(25)26)31(24)19-28(23)35/h1-27H;3-26H,1-2H3;3-19H,1-2H3. The number of hydrogen-bond acceptors (Lipinski definition) is 9. The highest BCUT2D eigenvalue weighted by atomic mass is 15.1. The van der Waals surface area contributed by atoms with Crippen LogP contribution in [-0.2, 0) is 10.8 Å². The van der Waals surface area contributed by atoms with E-state index in [-0.39, 0.29) is 10.8 Å². The van der Waals surface area contributed by atoms with Crippen LogP contribution in [0.25, 0.3) is 282 Å². The Morgan fingerprint density at radius 2 is 0.517 bits per heavy atom. The van der Waals surface area contributed by atoms with E-state index in [1.807, 2.05) is 109 Å². The zero-order valence-corrected chi connectivity index (χ0v) is 78.0. The van der Waals surface area contributed by atoms with Crippen molar-refractivity contribution >= 4 is 192 Å². The molecule has 666 valence electrons. The van der Waals surface area contributed by atoms with Crippen LogP contribution in [0.1, 0.15) is 49.9 Å². The van der Waals surface area contributed by atoms with Gasteiger partial charge in [0.05, 0.1) is 88.3 Å². The Morgan fingerprint density at radius 3 is 1.03 bits per heavy atom. The third kappa shape index (κ3) is 11.4. The molecular formula is C129H80N14. The lowest BCUT2D eigenvalue weighted by molar-refractivity contribution is 0.661. The van der Waals surface area contributed by atoms with Crippen molar-refractivity contribution in [1.82, 2.24) is 67.2 Å². The van der Waals surface area contributed by atoms with Crippen LogP contribution < -0.4 is 0 Å². The molecule has 0 radical (unpaired) electrons. The Balaban J connectivity index is 0.0000000996. The highest BCUT2D eigenvalue weighted by Crippen LogP contribution is 2.56. The van der Waals surface area contributed by atoms with E-state index in [1.54, 1.807) is 0 Å². The van der Waals surface area contributed by atoms with Gasteiger partial charge in [-0.2, -0.15) is 0 Å². The fourth-order valence-corrected chi connectivity index (χ4v) is 24.4. The number of fused-ring (bicyclic) bond motifs is 33. The van der Waals surface area contributed by atoms with Gasteiger partial charge in [0, 0.05) is 109 Å². The van der Waals surface area contributed by atoms with Crippen molar-refractivity contribution in [3.63, 3.8) is 0 Å². The Kier molecular flexibility index (Phi) is 16.3. The van der Waals surface area contributed by atoms with Crippen LogP contribution in [-0.4, -0.2) is 67.2 Å². The van der Waals surface area contributed by atoms with Crippen LogP contribution in [0, 0.1) is 0 Å². The molecule has 33 rings (SSSR count). The van der Waals surface area contributed by atoms with Crippen molar-refractivity contribution in [2.45, 2.75) is 38.5 Å². The summed E-state index contributed by atoms with van der Waals surface area (Å²) < 4.78 is 11.8. The summed E-state index contributed by atoms with van der Waals surface area (Å²) in [6, 6.07) is 147. The summed E-state index contributed by atoms with van der Waals surface area (Å²) in [5.74, 6) is 1.89. The minimum absolute atomic E-state index is 0.0641. The van der Waals surface area contributed by atoms with Gasteiger partial charge >= 0.3 is 0 Å². The molecule has 12 aromatic heterocycles. The second-order valence-electron chi connectivity index (χ2n) is 39.5. The van der Waals surface area contributed by atoms with Gasteiger partial charge in [0.15, 0.2) is 34.4 Å². The number of benzene rings is 19. The Hall–Kier alpha value is -18.8. The molecular weight excluding hydrogens is 1750 g/mol. The fraction of sp³-hybridized carbons (Fsp3) is 0.0465. The SMILES string of the molecule is CC1(C)c2ccccc2-c2cc3c4cc(-c5ccc6c(c5)c5ccccc5n6-c5ccccc5)cc5c6nc7ccccc7nc6n(c3cc21)c45.CC1(C)c2ccccc2-c2cc3c4cc(-c5ccccc5)cc5c6nc7ccccc7nc6n(c3cc21)c45.c1ccc(-c2nc(-c3ccccc3)nc(-c3cccc(-n4c5ccccc5c5cc6c7cccc8c9nc%10ccccc%10nc9n(c6cc54)c78)c3)n2)cc1. The van der Waals surface area contributed by atoms with Crippen LogP contribution in [0.2, 0.25) is 0 Å². The number of nitrogens with zero attached hydrogens (tertiary/aromatic N) is 14. The van der Waals surface area contributed by atoms with Crippen LogP contribution in [0.5, 0.6) is 0 Å². The topological polar surface area (TPSA) is 139 Å². The largest absolute Gasteiger partial charge is 0.309 e. The number of para-hydroxylation sites is 10. The molecule has 0 amide bonds. The van der Waals surface area contributed by atoms with E-state index >= 15 is 0 Å². The first-order chi connectivity index (χ1) is 70.4. The minimum atomic E-state index is -0.102. The van der Waals surface area contributed by atoms with E-state index in [4.69, 9.17) is 44.9 Å². The molecule has 19 aromatic carbocycles. The summed E-state index contributed by atoms with van der Waals surface area (Å²) in [6.45, 7) is 9.39. The molecule has 0 unspecified atom stereocenters. The molecule has 0 atom stereocenters. The second kappa shape index (κ2) is 29.4. The quantitative estimate of drug-likeness (QED) is 0.153. The van der Waals surface area contributed by atoms with Gasteiger partial charge in [-0.25, -0.2) is 44.9 Å². The van der Waals surface area contributed by atoms with Gasteiger partial charge in [-0.1, -0.05) is 295 Å². The summed E-state index contributed by atoms with van der Waals surface area (Å²) >= 11 is 0. The van der Waals surface area contributed by atoms with Crippen LogP contribution in [0.3, 0.4) is 0 Å². The van der Waals surface area contributed by atoms with Crippen molar-refractivity contribution in [3.05, 3.63) is 435 Å². The Bertz CT molecular complexity index is 10800. The first-order valence-corrected chi connectivity index (χ1v) is 48.9.